The fourth-order valence-corrected chi connectivity index (χ4v) is 3.51. The summed E-state index contributed by atoms with van der Waals surface area (Å²) in [4.78, 5) is 0. The third-order valence-corrected chi connectivity index (χ3v) is 4.69. The van der Waals surface area contributed by atoms with Crippen LogP contribution in [0, 0.1) is 24.6 Å². The zero-order valence-electron chi connectivity index (χ0n) is 12.2. The fraction of sp³-hybridized carbons (Fsp3) is 0.647. The monoisotopic (exact) mass is 263 g/mol. The summed E-state index contributed by atoms with van der Waals surface area (Å²) >= 11 is 0. The van der Waals surface area contributed by atoms with Gasteiger partial charge in [0.1, 0.15) is 5.82 Å². The summed E-state index contributed by atoms with van der Waals surface area (Å²) in [6, 6.07) is 5.07. The van der Waals surface area contributed by atoms with Gasteiger partial charge < -0.3 is 5.73 Å². The molecule has 2 heteroatoms. The molecule has 0 aliphatic heterocycles. The molecular weight excluding hydrogens is 237 g/mol. The molecule has 2 N–H and O–H groups in total. The van der Waals surface area contributed by atoms with Crippen LogP contribution in [0.2, 0.25) is 0 Å². The van der Waals surface area contributed by atoms with Crippen molar-refractivity contribution in [3.05, 3.63) is 35.1 Å². The molecule has 0 aromatic heterocycles. The Bertz CT molecular complexity index is 408. The van der Waals surface area contributed by atoms with Crippen LogP contribution >= 0.6 is 0 Å². The highest BCUT2D eigenvalue weighted by molar-refractivity contribution is 5.29. The summed E-state index contributed by atoms with van der Waals surface area (Å²) < 4.78 is 13.1. The highest BCUT2D eigenvalue weighted by Gasteiger charge is 2.26. The van der Waals surface area contributed by atoms with E-state index >= 15 is 0 Å². The van der Waals surface area contributed by atoms with E-state index in [0.717, 1.165) is 17.0 Å². The summed E-state index contributed by atoms with van der Waals surface area (Å²) in [6.07, 6.45) is 7.72. The van der Waals surface area contributed by atoms with Gasteiger partial charge in [0.05, 0.1) is 0 Å². The minimum Gasteiger partial charge on any atom is -0.324 e. The lowest BCUT2D eigenvalue weighted by molar-refractivity contribution is 0.234. The van der Waals surface area contributed by atoms with Gasteiger partial charge in [-0.05, 0) is 54.9 Å². The minimum absolute atomic E-state index is 0.0724. The van der Waals surface area contributed by atoms with Crippen LogP contribution < -0.4 is 5.73 Å². The van der Waals surface area contributed by atoms with Crippen molar-refractivity contribution in [3.63, 3.8) is 0 Å². The Morgan fingerprint density at radius 1 is 1.26 bits per heavy atom. The number of halogens is 1. The second-order valence-electron chi connectivity index (χ2n) is 6.10. The van der Waals surface area contributed by atoms with Crippen LogP contribution in [0.25, 0.3) is 0 Å². The van der Waals surface area contributed by atoms with Crippen molar-refractivity contribution in [1.29, 1.82) is 0 Å². The zero-order chi connectivity index (χ0) is 13.8. The minimum atomic E-state index is -0.167. The SMILES string of the molecule is CCCC1CCC(C(N)c2ccc(F)cc2C)CC1. The number of rotatable bonds is 4. The number of benzene rings is 1. The van der Waals surface area contributed by atoms with Gasteiger partial charge in [0, 0.05) is 6.04 Å². The van der Waals surface area contributed by atoms with E-state index in [4.69, 9.17) is 5.73 Å². The molecule has 0 amide bonds. The number of nitrogens with two attached hydrogens (primary N) is 1. The smallest absolute Gasteiger partial charge is 0.123 e. The van der Waals surface area contributed by atoms with Gasteiger partial charge in [0.15, 0.2) is 0 Å². The van der Waals surface area contributed by atoms with Crippen molar-refractivity contribution in [2.45, 2.75) is 58.4 Å². The molecule has 1 atom stereocenters. The molecule has 0 bridgehead atoms. The molecule has 1 nitrogen and oxygen atoms in total. The van der Waals surface area contributed by atoms with Crippen LogP contribution in [-0.2, 0) is 0 Å². The predicted molar refractivity (Wildman–Crippen MR) is 78.4 cm³/mol. The van der Waals surface area contributed by atoms with Gasteiger partial charge >= 0.3 is 0 Å². The largest absolute Gasteiger partial charge is 0.324 e. The van der Waals surface area contributed by atoms with Crippen molar-refractivity contribution >= 4 is 0 Å². The Morgan fingerprint density at radius 3 is 2.53 bits per heavy atom. The maximum atomic E-state index is 13.1. The summed E-state index contributed by atoms with van der Waals surface area (Å²) in [5.74, 6) is 1.31. The van der Waals surface area contributed by atoms with E-state index in [9.17, 15) is 4.39 Å². The first-order valence-electron chi connectivity index (χ1n) is 7.63. The van der Waals surface area contributed by atoms with Gasteiger partial charge in [0.2, 0.25) is 0 Å². The maximum Gasteiger partial charge on any atom is 0.123 e. The van der Waals surface area contributed by atoms with Gasteiger partial charge in [-0.1, -0.05) is 38.7 Å². The van der Waals surface area contributed by atoms with Crippen LogP contribution in [0.1, 0.15) is 62.6 Å². The molecule has 0 saturated heterocycles. The van der Waals surface area contributed by atoms with Crippen molar-refractivity contribution in [3.8, 4) is 0 Å². The van der Waals surface area contributed by atoms with Crippen LogP contribution in [0.15, 0.2) is 18.2 Å². The standard InChI is InChI=1S/C17H26FN/c1-3-4-13-5-7-14(8-6-13)17(19)16-10-9-15(18)11-12(16)2/h9-11,13-14,17H,3-8,19H2,1-2H3. The van der Waals surface area contributed by atoms with E-state index in [1.54, 1.807) is 6.07 Å². The molecule has 1 unspecified atom stereocenters. The molecule has 19 heavy (non-hydrogen) atoms. The first kappa shape index (κ1) is 14.5. The van der Waals surface area contributed by atoms with Crippen LogP contribution in [-0.4, -0.2) is 0 Å². The Morgan fingerprint density at radius 2 is 1.95 bits per heavy atom. The quantitative estimate of drug-likeness (QED) is 0.834. The van der Waals surface area contributed by atoms with Gasteiger partial charge in [0.25, 0.3) is 0 Å². The second kappa shape index (κ2) is 6.51. The van der Waals surface area contributed by atoms with E-state index in [-0.39, 0.29) is 11.9 Å². The third kappa shape index (κ3) is 3.56. The molecule has 1 fully saturated rings. The molecule has 1 aliphatic rings. The zero-order valence-corrected chi connectivity index (χ0v) is 12.2. The van der Waals surface area contributed by atoms with E-state index in [1.807, 2.05) is 13.0 Å². The van der Waals surface area contributed by atoms with E-state index < -0.39 is 0 Å². The van der Waals surface area contributed by atoms with Crippen LogP contribution in [0.4, 0.5) is 4.39 Å². The van der Waals surface area contributed by atoms with E-state index in [1.165, 1.54) is 44.6 Å². The van der Waals surface area contributed by atoms with Gasteiger partial charge in [-0.25, -0.2) is 4.39 Å². The maximum absolute atomic E-state index is 13.1. The molecule has 2 rings (SSSR count). The Labute approximate surface area is 116 Å². The lowest BCUT2D eigenvalue weighted by Gasteiger charge is -2.32. The highest BCUT2D eigenvalue weighted by Crippen LogP contribution is 2.38. The molecule has 0 radical (unpaired) electrons. The van der Waals surface area contributed by atoms with Crippen LogP contribution in [0.3, 0.4) is 0 Å². The van der Waals surface area contributed by atoms with Gasteiger partial charge in [-0.3, -0.25) is 0 Å². The molecule has 1 saturated carbocycles. The summed E-state index contributed by atoms with van der Waals surface area (Å²) in [6.45, 7) is 4.22. The number of hydrogen-bond donors (Lipinski definition) is 1. The summed E-state index contributed by atoms with van der Waals surface area (Å²) in [7, 11) is 0. The van der Waals surface area contributed by atoms with Crippen molar-refractivity contribution in [1.82, 2.24) is 0 Å². The Hall–Kier alpha value is -0.890. The van der Waals surface area contributed by atoms with Crippen molar-refractivity contribution in [2.24, 2.45) is 17.6 Å². The Kier molecular flexibility index (Phi) is 4.98. The van der Waals surface area contributed by atoms with Gasteiger partial charge in [-0.2, -0.15) is 0 Å². The highest BCUT2D eigenvalue weighted by atomic mass is 19.1. The fourth-order valence-electron chi connectivity index (χ4n) is 3.51. The first-order valence-corrected chi connectivity index (χ1v) is 7.63. The molecular formula is C17H26FN. The normalized spacial score (nSPS) is 25.3. The van der Waals surface area contributed by atoms with Crippen molar-refractivity contribution in [2.75, 3.05) is 0 Å². The second-order valence-corrected chi connectivity index (χ2v) is 6.10. The number of aryl methyl sites for hydroxylation is 1. The van der Waals surface area contributed by atoms with Crippen molar-refractivity contribution < 1.29 is 4.39 Å². The topological polar surface area (TPSA) is 26.0 Å². The van der Waals surface area contributed by atoms with Crippen LogP contribution in [0.5, 0.6) is 0 Å². The third-order valence-electron chi connectivity index (χ3n) is 4.69. The molecule has 1 aliphatic carbocycles. The molecule has 106 valence electrons. The summed E-state index contributed by atoms with van der Waals surface area (Å²) in [5, 5.41) is 0. The molecule has 1 aromatic rings. The Balaban J connectivity index is 1.99. The lowest BCUT2D eigenvalue weighted by Crippen LogP contribution is -2.26. The predicted octanol–water partition coefficient (Wildman–Crippen LogP) is 4.74. The van der Waals surface area contributed by atoms with Gasteiger partial charge in [-0.15, -0.1) is 0 Å². The average Bonchev–Trinajstić information content (AvgIpc) is 2.39. The molecule has 0 spiro atoms. The van der Waals surface area contributed by atoms with E-state index in [0.29, 0.717) is 5.92 Å². The molecule has 0 heterocycles. The van der Waals surface area contributed by atoms with E-state index in [2.05, 4.69) is 6.92 Å². The average molecular weight is 263 g/mol. The molecule has 1 aromatic carbocycles. The number of hydrogen-bond acceptors (Lipinski definition) is 1. The lowest BCUT2D eigenvalue weighted by atomic mass is 9.75. The first-order chi connectivity index (χ1) is 9.11. The summed E-state index contributed by atoms with van der Waals surface area (Å²) in [5.41, 5.74) is 8.53.